The number of amides is 1. The zero-order chi connectivity index (χ0) is 13.2. The molecule has 0 bridgehead atoms. The molecule has 1 fully saturated rings. The summed E-state index contributed by atoms with van der Waals surface area (Å²) in [4.78, 5) is 17.6. The maximum atomic E-state index is 11.9. The number of oxazole rings is 1. The lowest BCUT2D eigenvalue weighted by Crippen LogP contribution is -2.24. The van der Waals surface area contributed by atoms with E-state index in [9.17, 15) is 4.79 Å². The van der Waals surface area contributed by atoms with Gasteiger partial charge in [0.2, 0.25) is 5.91 Å². The summed E-state index contributed by atoms with van der Waals surface area (Å²) >= 11 is 5.82. The third kappa shape index (κ3) is 2.36. The minimum absolute atomic E-state index is 0.137. The predicted octanol–water partition coefficient (Wildman–Crippen LogP) is 2.93. The van der Waals surface area contributed by atoms with E-state index in [0.717, 1.165) is 17.0 Å². The molecule has 1 unspecified atom stereocenters. The normalized spacial score (nSPS) is 19.1. The molecule has 0 spiro atoms. The van der Waals surface area contributed by atoms with Gasteiger partial charge in [0.05, 0.1) is 6.20 Å². The molecular formula is C14H13ClN2O2. The average Bonchev–Trinajstić information content (AvgIpc) is 3.08. The van der Waals surface area contributed by atoms with Gasteiger partial charge >= 0.3 is 0 Å². The van der Waals surface area contributed by atoms with Crippen molar-refractivity contribution in [3.05, 3.63) is 36.9 Å². The highest BCUT2D eigenvalue weighted by molar-refractivity contribution is 6.18. The molecule has 2 aromatic rings. The first-order valence-corrected chi connectivity index (χ1v) is 6.66. The number of hydrogen-bond acceptors (Lipinski definition) is 3. The van der Waals surface area contributed by atoms with Crippen molar-refractivity contribution in [3.8, 4) is 11.3 Å². The maximum absolute atomic E-state index is 11.9. The fraction of sp³-hybridized carbons (Fsp3) is 0.286. The molecule has 0 aliphatic carbocycles. The van der Waals surface area contributed by atoms with Crippen molar-refractivity contribution in [1.29, 1.82) is 0 Å². The van der Waals surface area contributed by atoms with Gasteiger partial charge in [0.25, 0.3) is 0 Å². The van der Waals surface area contributed by atoms with Crippen LogP contribution in [0.1, 0.15) is 6.42 Å². The number of anilines is 1. The summed E-state index contributed by atoms with van der Waals surface area (Å²) in [6.45, 7) is 0.698. The lowest BCUT2D eigenvalue weighted by atomic mass is 10.1. The molecule has 0 N–H and O–H groups in total. The molecule has 1 atom stereocenters. The van der Waals surface area contributed by atoms with Gasteiger partial charge in [-0.25, -0.2) is 4.98 Å². The van der Waals surface area contributed by atoms with Gasteiger partial charge in [-0.15, -0.1) is 11.6 Å². The van der Waals surface area contributed by atoms with Crippen LogP contribution in [-0.2, 0) is 4.79 Å². The number of rotatable bonds is 3. The highest BCUT2D eigenvalue weighted by atomic mass is 35.5. The number of carbonyl (C=O) groups is 1. The molecular weight excluding hydrogens is 264 g/mol. The van der Waals surface area contributed by atoms with Gasteiger partial charge < -0.3 is 9.32 Å². The molecule has 1 saturated heterocycles. The summed E-state index contributed by atoms with van der Waals surface area (Å²) in [6, 6.07) is 7.70. The third-order valence-electron chi connectivity index (χ3n) is 3.32. The van der Waals surface area contributed by atoms with Crippen LogP contribution >= 0.6 is 11.6 Å². The highest BCUT2D eigenvalue weighted by Crippen LogP contribution is 2.28. The van der Waals surface area contributed by atoms with E-state index in [2.05, 4.69) is 4.98 Å². The summed E-state index contributed by atoms with van der Waals surface area (Å²) in [6.07, 6.45) is 3.60. The Balaban J connectivity index is 1.81. The zero-order valence-electron chi connectivity index (χ0n) is 10.3. The number of halogens is 1. The molecule has 1 aromatic carbocycles. The lowest BCUT2D eigenvalue weighted by Gasteiger charge is -2.16. The SMILES string of the molecule is O=C1CC(CCl)CN1c1ccc(-c2cnco2)cc1. The molecule has 2 heterocycles. The number of nitrogens with zero attached hydrogens (tertiary/aromatic N) is 2. The molecule has 98 valence electrons. The summed E-state index contributed by atoms with van der Waals surface area (Å²) < 4.78 is 5.23. The number of aromatic nitrogens is 1. The Morgan fingerprint density at radius 2 is 2.16 bits per heavy atom. The first-order valence-electron chi connectivity index (χ1n) is 6.13. The predicted molar refractivity (Wildman–Crippen MR) is 73.1 cm³/mol. The minimum Gasteiger partial charge on any atom is -0.444 e. The van der Waals surface area contributed by atoms with Crippen LogP contribution in [0, 0.1) is 5.92 Å². The number of alkyl halides is 1. The molecule has 0 radical (unpaired) electrons. The van der Waals surface area contributed by atoms with Crippen molar-refractivity contribution in [2.45, 2.75) is 6.42 Å². The van der Waals surface area contributed by atoms with Crippen LogP contribution in [0.4, 0.5) is 5.69 Å². The van der Waals surface area contributed by atoms with E-state index < -0.39 is 0 Å². The Bertz CT molecular complexity index is 566. The van der Waals surface area contributed by atoms with E-state index in [0.29, 0.717) is 18.8 Å². The molecule has 0 saturated carbocycles. The highest BCUT2D eigenvalue weighted by Gasteiger charge is 2.29. The molecule has 1 amide bonds. The molecule has 3 rings (SSSR count). The standard InChI is InChI=1S/C14H13ClN2O2/c15-6-10-5-14(18)17(8-10)12-3-1-11(2-4-12)13-7-16-9-19-13/h1-4,7,9-10H,5-6,8H2. The Morgan fingerprint density at radius 3 is 2.74 bits per heavy atom. The number of hydrogen-bond donors (Lipinski definition) is 0. The van der Waals surface area contributed by atoms with Crippen LogP contribution in [0.25, 0.3) is 11.3 Å². The average molecular weight is 277 g/mol. The molecule has 1 aromatic heterocycles. The second-order valence-electron chi connectivity index (χ2n) is 4.64. The first-order chi connectivity index (χ1) is 9.28. The van der Waals surface area contributed by atoms with E-state index in [-0.39, 0.29) is 11.8 Å². The van der Waals surface area contributed by atoms with Crippen molar-refractivity contribution in [2.24, 2.45) is 5.92 Å². The quantitative estimate of drug-likeness (QED) is 0.810. The van der Waals surface area contributed by atoms with E-state index in [1.54, 1.807) is 11.1 Å². The van der Waals surface area contributed by atoms with E-state index >= 15 is 0 Å². The molecule has 19 heavy (non-hydrogen) atoms. The van der Waals surface area contributed by atoms with Gasteiger partial charge in [-0.1, -0.05) is 0 Å². The Hall–Kier alpha value is -1.81. The number of benzene rings is 1. The Kier molecular flexibility index (Phi) is 3.25. The van der Waals surface area contributed by atoms with Crippen LogP contribution in [0.15, 0.2) is 41.3 Å². The first kappa shape index (κ1) is 12.2. The zero-order valence-corrected chi connectivity index (χ0v) is 11.0. The fourth-order valence-electron chi connectivity index (χ4n) is 2.30. The van der Waals surface area contributed by atoms with Crippen molar-refractivity contribution in [2.75, 3.05) is 17.3 Å². The second kappa shape index (κ2) is 5.05. The molecule has 5 heteroatoms. The minimum atomic E-state index is 0.137. The van der Waals surface area contributed by atoms with Gasteiger partial charge in [-0.2, -0.15) is 0 Å². The largest absolute Gasteiger partial charge is 0.444 e. The molecule has 1 aliphatic rings. The topological polar surface area (TPSA) is 46.3 Å². The van der Waals surface area contributed by atoms with E-state index in [4.69, 9.17) is 16.0 Å². The van der Waals surface area contributed by atoms with Gasteiger partial charge in [-0.3, -0.25) is 4.79 Å². The van der Waals surface area contributed by atoms with Crippen molar-refractivity contribution < 1.29 is 9.21 Å². The summed E-state index contributed by atoms with van der Waals surface area (Å²) in [5.41, 5.74) is 1.85. The van der Waals surface area contributed by atoms with Crippen LogP contribution in [0.5, 0.6) is 0 Å². The maximum Gasteiger partial charge on any atom is 0.227 e. The summed E-state index contributed by atoms with van der Waals surface area (Å²) in [5.74, 6) is 1.64. The van der Waals surface area contributed by atoms with Gasteiger partial charge in [-0.05, 0) is 30.2 Å². The van der Waals surface area contributed by atoms with Crippen LogP contribution < -0.4 is 4.90 Å². The molecule has 4 nitrogen and oxygen atoms in total. The summed E-state index contributed by atoms with van der Waals surface area (Å²) in [7, 11) is 0. The van der Waals surface area contributed by atoms with E-state index in [1.165, 1.54) is 6.39 Å². The molecule has 1 aliphatic heterocycles. The Morgan fingerprint density at radius 1 is 1.37 bits per heavy atom. The third-order valence-corrected chi connectivity index (χ3v) is 3.76. The van der Waals surface area contributed by atoms with E-state index in [1.807, 2.05) is 24.3 Å². The summed E-state index contributed by atoms with van der Waals surface area (Å²) in [5, 5.41) is 0. The van der Waals surface area contributed by atoms with Gasteiger partial charge in [0.1, 0.15) is 0 Å². The number of carbonyl (C=O) groups excluding carboxylic acids is 1. The monoisotopic (exact) mass is 276 g/mol. The van der Waals surface area contributed by atoms with Crippen LogP contribution in [0.3, 0.4) is 0 Å². The lowest BCUT2D eigenvalue weighted by molar-refractivity contribution is -0.117. The van der Waals surface area contributed by atoms with Gasteiger partial charge in [0, 0.05) is 30.1 Å². The van der Waals surface area contributed by atoms with Gasteiger partial charge in [0.15, 0.2) is 12.2 Å². The van der Waals surface area contributed by atoms with Crippen molar-refractivity contribution in [3.63, 3.8) is 0 Å². The smallest absolute Gasteiger partial charge is 0.227 e. The van der Waals surface area contributed by atoms with Crippen LogP contribution in [-0.4, -0.2) is 23.3 Å². The fourth-order valence-corrected chi connectivity index (χ4v) is 2.51. The van der Waals surface area contributed by atoms with Crippen molar-refractivity contribution in [1.82, 2.24) is 4.98 Å². The Labute approximate surface area is 116 Å². The second-order valence-corrected chi connectivity index (χ2v) is 4.95. The van der Waals surface area contributed by atoms with Crippen molar-refractivity contribution >= 4 is 23.2 Å². The van der Waals surface area contributed by atoms with Crippen LogP contribution in [0.2, 0.25) is 0 Å².